The zero-order valence-corrected chi connectivity index (χ0v) is 14.7. The third-order valence-electron chi connectivity index (χ3n) is 4.71. The molecule has 0 spiro atoms. The van der Waals surface area contributed by atoms with Gasteiger partial charge in [0.25, 0.3) is 0 Å². The molecule has 0 saturated carbocycles. The summed E-state index contributed by atoms with van der Waals surface area (Å²) in [6.07, 6.45) is 0. The molecule has 1 unspecified atom stereocenters. The number of rotatable bonds is 4. The normalized spacial score (nSPS) is 15.7. The highest BCUT2D eigenvalue weighted by Gasteiger charge is 2.27. The number of amides is 1. The molecule has 1 fully saturated rings. The van der Waals surface area contributed by atoms with E-state index in [2.05, 4.69) is 0 Å². The van der Waals surface area contributed by atoms with Crippen LogP contribution in [-0.4, -0.2) is 42.8 Å². The maximum absolute atomic E-state index is 14.3. The number of carbonyl (C=O) groups excluding carboxylic acids is 2. The molecule has 5 nitrogen and oxygen atoms in total. The average Bonchev–Trinajstić information content (AvgIpc) is 2.67. The third-order valence-corrected chi connectivity index (χ3v) is 4.71. The number of halogens is 1. The fourth-order valence-corrected chi connectivity index (χ4v) is 3.15. The zero-order chi connectivity index (χ0) is 18.7. The molecule has 0 aliphatic carbocycles. The molecule has 6 heteroatoms. The Hall–Kier alpha value is -2.73. The predicted octanol–water partition coefficient (Wildman–Crippen LogP) is 2.38. The highest BCUT2D eigenvalue weighted by atomic mass is 19.1. The third kappa shape index (κ3) is 3.75. The summed E-state index contributed by atoms with van der Waals surface area (Å²) in [6.45, 7) is 3.41. The van der Waals surface area contributed by atoms with Crippen LogP contribution in [0.4, 0.5) is 10.1 Å². The van der Waals surface area contributed by atoms with E-state index in [0.29, 0.717) is 37.4 Å². The summed E-state index contributed by atoms with van der Waals surface area (Å²) < 4.78 is 14.3. The summed E-state index contributed by atoms with van der Waals surface area (Å²) in [5, 5.41) is 0. The number of piperazine rings is 1. The summed E-state index contributed by atoms with van der Waals surface area (Å²) in [5.74, 6) is -0.706. The SMILES string of the molecule is CC(=O)c1ccc(N2CCN(C(=O)C(N)c3ccccc3)CC2)c(F)c1. The smallest absolute Gasteiger partial charge is 0.244 e. The van der Waals surface area contributed by atoms with Gasteiger partial charge in [-0.15, -0.1) is 0 Å². The molecular formula is C20H22FN3O2. The van der Waals surface area contributed by atoms with Gasteiger partial charge in [0.15, 0.2) is 5.78 Å². The molecule has 26 heavy (non-hydrogen) atoms. The van der Waals surface area contributed by atoms with E-state index in [4.69, 9.17) is 5.73 Å². The van der Waals surface area contributed by atoms with E-state index in [-0.39, 0.29) is 11.7 Å². The van der Waals surface area contributed by atoms with Crippen molar-refractivity contribution in [3.8, 4) is 0 Å². The van der Waals surface area contributed by atoms with E-state index < -0.39 is 11.9 Å². The van der Waals surface area contributed by atoms with Crippen LogP contribution < -0.4 is 10.6 Å². The van der Waals surface area contributed by atoms with Gasteiger partial charge in [-0.1, -0.05) is 30.3 Å². The number of anilines is 1. The average molecular weight is 355 g/mol. The van der Waals surface area contributed by atoms with Gasteiger partial charge < -0.3 is 15.5 Å². The Morgan fingerprint density at radius 1 is 1.04 bits per heavy atom. The van der Waals surface area contributed by atoms with Crippen LogP contribution in [0.15, 0.2) is 48.5 Å². The minimum absolute atomic E-state index is 0.122. The summed E-state index contributed by atoms with van der Waals surface area (Å²) in [4.78, 5) is 27.6. The highest BCUT2D eigenvalue weighted by molar-refractivity contribution is 5.94. The quantitative estimate of drug-likeness (QED) is 0.855. The first-order valence-electron chi connectivity index (χ1n) is 8.62. The number of carbonyl (C=O) groups is 2. The van der Waals surface area contributed by atoms with Crippen molar-refractivity contribution in [3.05, 3.63) is 65.5 Å². The Morgan fingerprint density at radius 3 is 2.27 bits per heavy atom. The van der Waals surface area contributed by atoms with Gasteiger partial charge in [-0.3, -0.25) is 9.59 Å². The number of nitrogens with two attached hydrogens (primary N) is 1. The van der Waals surface area contributed by atoms with Crippen LogP contribution in [0.2, 0.25) is 0 Å². The van der Waals surface area contributed by atoms with Crippen molar-refractivity contribution in [1.82, 2.24) is 4.90 Å². The molecule has 1 saturated heterocycles. The lowest BCUT2D eigenvalue weighted by molar-refractivity contribution is -0.133. The largest absolute Gasteiger partial charge is 0.366 e. The van der Waals surface area contributed by atoms with Crippen LogP contribution in [0.25, 0.3) is 0 Å². The number of ketones is 1. The molecule has 1 aliphatic heterocycles. The van der Waals surface area contributed by atoms with Crippen LogP contribution in [-0.2, 0) is 4.79 Å². The van der Waals surface area contributed by atoms with Gasteiger partial charge in [0, 0.05) is 31.7 Å². The summed E-state index contributed by atoms with van der Waals surface area (Å²) in [7, 11) is 0. The van der Waals surface area contributed by atoms with Crippen molar-refractivity contribution in [1.29, 1.82) is 0 Å². The Kier molecular flexibility index (Phi) is 5.32. The van der Waals surface area contributed by atoms with Crippen LogP contribution in [0.1, 0.15) is 28.9 Å². The molecule has 1 heterocycles. The number of benzene rings is 2. The molecule has 2 aromatic rings. The van der Waals surface area contributed by atoms with Crippen molar-refractivity contribution in [2.24, 2.45) is 5.73 Å². The fraction of sp³-hybridized carbons (Fsp3) is 0.300. The van der Waals surface area contributed by atoms with Gasteiger partial charge >= 0.3 is 0 Å². The molecule has 1 aliphatic rings. The van der Waals surface area contributed by atoms with Crippen molar-refractivity contribution in [3.63, 3.8) is 0 Å². The van der Waals surface area contributed by atoms with E-state index in [1.54, 1.807) is 17.0 Å². The number of hydrogen-bond donors (Lipinski definition) is 1. The van der Waals surface area contributed by atoms with Gasteiger partial charge in [-0.25, -0.2) is 4.39 Å². The lowest BCUT2D eigenvalue weighted by atomic mass is 10.1. The van der Waals surface area contributed by atoms with Gasteiger partial charge in [-0.05, 0) is 30.7 Å². The molecule has 136 valence electrons. The highest BCUT2D eigenvalue weighted by Crippen LogP contribution is 2.23. The second-order valence-electron chi connectivity index (χ2n) is 6.42. The topological polar surface area (TPSA) is 66.6 Å². The van der Waals surface area contributed by atoms with Crippen molar-refractivity contribution in [2.45, 2.75) is 13.0 Å². The minimum Gasteiger partial charge on any atom is -0.366 e. The van der Waals surface area contributed by atoms with Crippen LogP contribution in [0.5, 0.6) is 0 Å². The monoisotopic (exact) mass is 355 g/mol. The van der Waals surface area contributed by atoms with Crippen LogP contribution in [0.3, 0.4) is 0 Å². The fourth-order valence-electron chi connectivity index (χ4n) is 3.15. The maximum Gasteiger partial charge on any atom is 0.244 e. The van der Waals surface area contributed by atoms with Crippen LogP contribution >= 0.6 is 0 Å². The predicted molar refractivity (Wildman–Crippen MR) is 98.6 cm³/mol. The van der Waals surface area contributed by atoms with Crippen molar-refractivity contribution < 1.29 is 14.0 Å². The molecule has 2 N–H and O–H groups in total. The lowest BCUT2D eigenvalue weighted by Gasteiger charge is -2.37. The van der Waals surface area contributed by atoms with E-state index in [1.165, 1.54) is 13.0 Å². The van der Waals surface area contributed by atoms with Gasteiger partial charge in [-0.2, -0.15) is 0 Å². The first-order valence-corrected chi connectivity index (χ1v) is 8.62. The lowest BCUT2D eigenvalue weighted by Crippen LogP contribution is -2.51. The Balaban J connectivity index is 1.64. The summed E-state index contributed by atoms with van der Waals surface area (Å²) in [5.41, 5.74) is 7.68. The van der Waals surface area contributed by atoms with Crippen molar-refractivity contribution in [2.75, 3.05) is 31.1 Å². The Labute approximate surface area is 152 Å². The van der Waals surface area contributed by atoms with Crippen LogP contribution in [0, 0.1) is 5.82 Å². The number of Topliss-reactive ketones (excluding diaryl/α,β-unsaturated/α-hetero) is 1. The Morgan fingerprint density at radius 2 is 1.69 bits per heavy atom. The Bertz CT molecular complexity index is 802. The minimum atomic E-state index is -0.686. The second-order valence-corrected chi connectivity index (χ2v) is 6.42. The van der Waals surface area contributed by atoms with Gasteiger partial charge in [0.1, 0.15) is 11.9 Å². The maximum atomic E-state index is 14.3. The molecule has 3 rings (SSSR count). The number of nitrogens with zero attached hydrogens (tertiary/aromatic N) is 2. The van der Waals surface area contributed by atoms with E-state index in [0.717, 1.165) is 5.56 Å². The molecular weight excluding hydrogens is 333 g/mol. The first kappa shape index (κ1) is 18.1. The standard InChI is InChI=1S/C20H22FN3O2/c1-14(25)16-7-8-18(17(21)13-16)23-9-11-24(12-10-23)20(26)19(22)15-5-3-2-4-6-15/h2-8,13,19H,9-12,22H2,1H3. The van der Waals surface area contributed by atoms with Gasteiger partial charge in [0.05, 0.1) is 5.69 Å². The summed E-state index contributed by atoms with van der Waals surface area (Å²) in [6, 6.07) is 13.1. The number of hydrogen-bond acceptors (Lipinski definition) is 4. The second kappa shape index (κ2) is 7.66. The summed E-state index contributed by atoms with van der Waals surface area (Å²) >= 11 is 0. The molecule has 0 bridgehead atoms. The molecule has 1 atom stereocenters. The van der Waals surface area contributed by atoms with E-state index in [9.17, 15) is 14.0 Å². The van der Waals surface area contributed by atoms with Crippen molar-refractivity contribution >= 4 is 17.4 Å². The molecule has 0 aromatic heterocycles. The van der Waals surface area contributed by atoms with E-state index >= 15 is 0 Å². The first-order chi connectivity index (χ1) is 12.5. The zero-order valence-electron chi connectivity index (χ0n) is 14.7. The van der Waals surface area contributed by atoms with E-state index in [1.807, 2.05) is 35.2 Å². The molecule has 2 aromatic carbocycles. The van der Waals surface area contributed by atoms with Gasteiger partial charge in [0.2, 0.25) is 5.91 Å². The molecule has 0 radical (unpaired) electrons. The molecule has 1 amide bonds.